The van der Waals surface area contributed by atoms with Crippen molar-refractivity contribution in [1.29, 1.82) is 0 Å². The number of hydrogen-bond acceptors (Lipinski definition) is 12. The van der Waals surface area contributed by atoms with Gasteiger partial charge < -0.3 is 56.4 Å². The van der Waals surface area contributed by atoms with Crippen molar-refractivity contribution >= 4 is 29.6 Å². The maximum Gasteiger partial charge on any atom is 0.323 e. The number of carbonyl (C=O) groups excluding carboxylic acids is 4. The van der Waals surface area contributed by atoms with Crippen LogP contribution in [0.25, 0.3) is 0 Å². The number of carboxylic acid groups (broad SMARTS) is 1. The molecule has 352 valence electrons. The number of aliphatic carboxylic acids is 1. The number of methoxy groups -OCH3 is 2. The van der Waals surface area contributed by atoms with E-state index in [-0.39, 0.29) is 57.0 Å². The lowest BCUT2D eigenvalue weighted by molar-refractivity contribution is -0.148. The summed E-state index contributed by atoms with van der Waals surface area (Å²) in [5.74, 6) is -3.11. The number of nitrogens with two attached hydrogens (primary N) is 2. The van der Waals surface area contributed by atoms with E-state index in [1.54, 1.807) is 19.1 Å². The Bertz CT molecular complexity index is 1630. The average Bonchev–Trinajstić information content (AvgIpc) is 3.26. The second kappa shape index (κ2) is 29.1. The van der Waals surface area contributed by atoms with E-state index in [4.69, 9.17) is 30.4 Å². The van der Waals surface area contributed by atoms with E-state index in [9.17, 15) is 29.1 Å². The van der Waals surface area contributed by atoms with Crippen LogP contribution in [-0.4, -0.2) is 161 Å². The first-order chi connectivity index (χ1) is 30.3. The topological polar surface area (TPSA) is 237 Å². The van der Waals surface area contributed by atoms with Gasteiger partial charge in [-0.1, -0.05) is 74.5 Å². The quantitative estimate of drug-likeness (QED) is 0.0590. The summed E-state index contributed by atoms with van der Waals surface area (Å²) in [6.07, 6.45) is 2.37. The lowest BCUT2D eigenvalue weighted by atomic mass is 9.88. The lowest BCUT2D eigenvalue weighted by Crippen LogP contribution is -2.60. The molecule has 0 saturated carbocycles. The highest BCUT2D eigenvalue weighted by Crippen LogP contribution is 2.22. The van der Waals surface area contributed by atoms with Gasteiger partial charge in [0.2, 0.25) is 23.6 Å². The number of carbonyl (C=O) groups is 5. The molecule has 0 bridgehead atoms. The summed E-state index contributed by atoms with van der Waals surface area (Å²) in [5, 5.41) is 18.4. The first-order valence-corrected chi connectivity index (χ1v) is 22.2. The summed E-state index contributed by atoms with van der Waals surface area (Å²) >= 11 is 0. The van der Waals surface area contributed by atoms with E-state index < -0.39 is 53.4 Å². The Morgan fingerprint density at radius 3 is 1.73 bits per heavy atom. The Labute approximate surface area is 373 Å². The summed E-state index contributed by atoms with van der Waals surface area (Å²) < 4.78 is 21.6. The van der Waals surface area contributed by atoms with Crippen LogP contribution in [0, 0.1) is 5.92 Å². The standard InChI is InChI=1S/C46H73N7O10/c1-34(2)31-39(51-43(56)40(33-36-15-9-6-10-16-36)50-41(54)37(47)32-35-13-7-5-8-14-35)42(55)49-38(44(57)53-21-18-46(48,19-22-53)45(58)59)17-11-12-20-52(23-25-62-29-27-60-3)24-26-63-30-28-61-4/h5-10,13-16,34,37-40H,11-12,17-33,47-48H2,1-4H3,(H,49,55)(H,50,54)(H,51,56)(H,58,59)/t37-,38-,39-,40-/m1/s1. The van der Waals surface area contributed by atoms with Crippen molar-refractivity contribution in [3.63, 3.8) is 0 Å². The van der Waals surface area contributed by atoms with Crippen LogP contribution in [-0.2, 0) is 55.8 Å². The van der Waals surface area contributed by atoms with E-state index in [1.165, 1.54) is 0 Å². The number of benzene rings is 2. The van der Waals surface area contributed by atoms with E-state index >= 15 is 0 Å². The Balaban J connectivity index is 1.77. The fraction of sp³-hybridized carbons (Fsp3) is 0.630. The smallest absolute Gasteiger partial charge is 0.323 e. The molecule has 2 aromatic rings. The molecule has 1 aliphatic rings. The van der Waals surface area contributed by atoms with Crippen molar-refractivity contribution in [1.82, 2.24) is 25.8 Å². The van der Waals surface area contributed by atoms with Crippen molar-refractivity contribution in [2.45, 2.75) is 94.9 Å². The van der Waals surface area contributed by atoms with Crippen molar-refractivity contribution in [3.8, 4) is 0 Å². The van der Waals surface area contributed by atoms with Crippen molar-refractivity contribution in [2.75, 3.05) is 86.6 Å². The molecule has 0 aliphatic carbocycles. The van der Waals surface area contributed by atoms with Crippen LogP contribution < -0.4 is 27.4 Å². The molecular weight excluding hydrogens is 811 g/mol. The molecule has 0 aromatic heterocycles. The molecule has 17 heteroatoms. The van der Waals surface area contributed by atoms with E-state index in [0.29, 0.717) is 78.5 Å². The van der Waals surface area contributed by atoms with Gasteiger partial charge in [0, 0.05) is 46.8 Å². The van der Waals surface area contributed by atoms with Crippen LogP contribution in [0.2, 0.25) is 0 Å². The zero-order valence-corrected chi connectivity index (χ0v) is 37.8. The van der Waals surface area contributed by atoms with Crippen LogP contribution in [0.1, 0.15) is 63.5 Å². The normalized spacial score (nSPS) is 15.7. The molecule has 0 spiro atoms. The fourth-order valence-corrected chi connectivity index (χ4v) is 7.26. The molecule has 2 aromatic carbocycles. The molecule has 3 rings (SSSR count). The van der Waals surface area contributed by atoms with Crippen molar-refractivity contribution < 1.29 is 48.0 Å². The highest BCUT2D eigenvalue weighted by molar-refractivity contribution is 5.95. The minimum atomic E-state index is -1.44. The summed E-state index contributed by atoms with van der Waals surface area (Å²) in [6, 6.07) is 14.6. The molecule has 4 atom stereocenters. The second-order valence-electron chi connectivity index (χ2n) is 16.6. The Hall–Kier alpha value is -4.49. The van der Waals surface area contributed by atoms with E-state index in [0.717, 1.165) is 11.1 Å². The first kappa shape index (κ1) is 52.9. The van der Waals surface area contributed by atoms with Gasteiger partial charge in [-0.25, -0.2) is 0 Å². The highest BCUT2D eigenvalue weighted by atomic mass is 16.5. The number of nitrogens with zero attached hydrogens (tertiary/aromatic N) is 2. The van der Waals surface area contributed by atoms with Crippen LogP contribution in [0.5, 0.6) is 0 Å². The number of nitrogens with one attached hydrogen (secondary N) is 3. The fourth-order valence-electron chi connectivity index (χ4n) is 7.26. The number of rotatable bonds is 31. The molecule has 1 aliphatic heterocycles. The number of amides is 4. The Morgan fingerprint density at radius 1 is 0.698 bits per heavy atom. The van der Waals surface area contributed by atoms with Crippen molar-refractivity contribution in [2.24, 2.45) is 17.4 Å². The van der Waals surface area contributed by atoms with Gasteiger partial charge in [0.1, 0.15) is 23.7 Å². The molecular formula is C46H73N7O10. The number of likely N-dealkylation sites (tertiary alicyclic amines) is 1. The summed E-state index contributed by atoms with van der Waals surface area (Å²) in [4.78, 5) is 71.7. The maximum atomic E-state index is 14.3. The van der Waals surface area contributed by atoms with Gasteiger partial charge in [-0.3, -0.25) is 28.9 Å². The minimum Gasteiger partial charge on any atom is -0.480 e. The van der Waals surface area contributed by atoms with Crippen molar-refractivity contribution in [3.05, 3.63) is 71.8 Å². The Kier molecular flexibility index (Phi) is 24.4. The largest absolute Gasteiger partial charge is 0.480 e. The third kappa shape index (κ3) is 19.8. The van der Waals surface area contributed by atoms with E-state index in [2.05, 4.69) is 20.9 Å². The molecule has 1 heterocycles. The van der Waals surface area contributed by atoms with E-state index in [1.807, 2.05) is 74.5 Å². The number of carboxylic acids is 1. The predicted molar refractivity (Wildman–Crippen MR) is 240 cm³/mol. The zero-order chi connectivity index (χ0) is 46.0. The summed E-state index contributed by atoms with van der Waals surface area (Å²) in [6.45, 7) is 9.06. The molecule has 4 amide bonds. The highest BCUT2D eigenvalue weighted by Gasteiger charge is 2.40. The van der Waals surface area contributed by atoms with Gasteiger partial charge in [-0.15, -0.1) is 0 Å². The molecule has 17 nitrogen and oxygen atoms in total. The van der Waals surface area contributed by atoms with Gasteiger partial charge in [-0.05, 0) is 68.5 Å². The number of ether oxygens (including phenoxy) is 4. The Morgan fingerprint density at radius 2 is 1.21 bits per heavy atom. The summed E-state index contributed by atoms with van der Waals surface area (Å²) in [5.41, 5.74) is 12.7. The minimum absolute atomic E-state index is 0.0320. The molecule has 1 saturated heterocycles. The molecule has 0 radical (unpaired) electrons. The van der Waals surface area contributed by atoms with Gasteiger partial charge in [-0.2, -0.15) is 0 Å². The average molecular weight is 884 g/mol. The third-order valence-corrected chi connectivity index (χ3v) is 11.1. The van der Waals surface area contributed by atoms with Crippen LogP contribution in [0.4, 0.5) is 0 Å². The lowest BCUT2D eigenvalue weighted by Gasteiger charge is -2.38. The second-order valence-corrected chi connectivity index (χ2v) is 16.6. The van der Waals surface area contributed by atoms with Gasteiger partial charge in [0.05, 0.1) is 45.7 Å². The monoisotopic (exact) mass is 884 g/mol. The predicted octanol–water partition coefficient (Wildman–Crippen LogP) is 1.50. The zero-order valence-electron chi connectivity index (χ0n) is 37.8. The number of unbranched alkanes of at least 4 members (excludes halogenated alkanes) is 1. The number of piperidine rings is 1. The van der Waals surface area contributed by atoms with Crippen LogP contribution in [0.15, 0.2) is 60.7 Å². The SMILES string of the molecule is COCCOCCN(CCCC[C@@H](NC(=O)[C@@H](CC(C)C)NC(=O)[C@@H](Cc1ccccc1)NC(=O)[C@H](N)Cc1ccccc1)C(=O)N1CCC(N)(C(=O)O)CC1)CCOCCOC. The molecule has 8 N–H and O–H groups in total. The summed E-state index contributed by atoms with van der Waals surface area (Å²) in [7, 11) is 3.24. The molecule has 1 fully saturated rings. The molecule has 0 unspecified atom stereocenters. The van der Waals surface area contributed by atoms with Gasteiger partial charge in [0.15, 0.2) is 0 Å². The maximum absolute atomic E-state index is 14.3. The molecule has 63 heavy (non-hydrogen) atoms. The van der Waals surface area contributed by atoms with Gasteiger partial charge >= 0.3 is 5.97 Å². The van der Waals surface area contributed by atoms with Crippen LogP contribution >= 0.6 is 0 Å². The number of hydrogen-bond donors (Lipinski definition) is 6. The third-order valence-electron chi connectivity index (χ3n) is 11.1. The first-order valence-electron chi connectivity index (χ1n) is 22.2. The van der Waals surface area contributed by atoms with Crippen LogP contribution in [0.3, 0.4) is 0 Å². The van der Waals surface area contributed by atoms with Gasteiger partial charge in [0.25, 0.3) is 0 Å².